The summed E-state index contributed by atoms with van der Waals surface area (Å²) in [6.45, 7) is 20.2. The van der Waals surface area contributed by atoms with Crippen LogP contribution in [0.3, 0.4) is 0 Å². The van der Waals surface area contributed by atoms with Gasteiger partial charge in [0, 0.05) is 4.88 Å². The summed E-state index contributed by atoms with van der Waals surface area (Å²) in [5.41, 5.74) is 0.527. The Bertz CT molecular complexity index is 858. The van der Waals surface area contributed by atoms with Gasteiger partial charge in [-0.1, -0.05) is 58.9 Å². The van der Waals surface area contributed by atoms with E-state index >= 15 is 0 Å². The van der Waals surface area contributed by atoms with Crippen LogP contribution in [0.4, 0.5) is 0 Å². The van der Waals surface area contributed by atoms with E-state index in [4.69, 9.17) is 5.26 Å². The van der Waals surface area contributed by atoms with E-state index in [-0.39, 0.29) is 16.7 Å². The van der Waals surface area contributed by atoms with Crippen molar-refractivity contribution in [3.05, 3.63) is 58.3 Å². The average Bonchev–Trinajstić information content (AvgIpc) is 3.43. The predicted octanol–water partition coefficient (Wildman–Crippen LogP) is 7.17. The van der Waals surface area contributed by atoms with Crippen LogP contribution in [0.2, 0.25) is 0 Å². The highest BCUT2D eigenvalue weighted by Crippen LogP contribution is 2.30. The van der Waals surface area contributed by atoms with Crippen molar-refractivity contribution in [3.63, 3.8) is 0 Å². The van der Waals surface area contributed by atoms with E-state index in [1.807, 2.05) is 78.8 Å². The predicted molar refractivity (Wildman–Crippen MR) is 154 cm³/mol. The SMILES string of the molecule is CC.CC.CCOC(=O)CC=O.CC[C@](C)(NS(=O)C(C)(C)C)c1cccs1.N#Cc1ccccc1. The van der Waals surface area contributed by atoms with E-state index in [0.717, 1.165) is 6.42 Å². The second-order valence-corrected chi connectivity index (χ2v) is 10.7. The molecule has 0 aliphatic rings. The number of carbonyl (C=O) groups is 2. The molecular formula is C28H46N2O4S2. The lowest BCUT2D eigenvalue weighted by molar-refractivity contribution is -0.143. The molecule has 0 spiro atoms. The van der Waals surface area contributed by atoms with E-state index in [9.17, 15) is 13.8 Å². The first kappa shape index (κ1) is 38.2. The van der Waals surface area contributed by atoms with Gasteiger partial charge in [0.1, 0.15) is 12.7 Å². The Balaban J connectivity index is -0.000000460. The highest BCUT2D eigenvalue weighted by Gasteiger charge is 2.31. The van der Waals surface area contributed by atoms with E-state index < -0.39 is 17.0 Å². The maximum Gasteiger partial charge on any atom is 0.312 e. The summed E-state index contributed by atoms with van der Waals surface area (Å²) in [6.07, 6.45) is 1.32. The summed E-state index contributed by atoms with van der Waals surface area (Å²) in [4.78, 5) is 21.0. The summed E-state index contributed by atoms with van der Waals surface area (Å²) in [5.74, 6) is -0.456. The number of carbonyl (C=O) groups excluding carboxylic acids is 2. The third kappa shape index (κ3) is 18.0. The van der Waals surface area contributed by atoms with Crippen LogP contribution < -0.4 is 4.72 Å². The molecule has 2 atom stereocenters. The number of thiophene rings is 1. The molecule has 0 amide bonds. The number of nitrogens with zero attached hydrogens (tertiary/aromatic N) is 1. The van der Waals surface area contributed by atoms with Crippen LogP contribution in [0.1, 0.15) is 92.5 Å². The van der Waals surface area contributed by atoms with Crippen molar-refractivity contribution in [2.75, 3.05) is 6.61 Å². The van der Waals surface area contributed by atoms with Crippen molar-refractivity contribution in [2.45, 2.75) is 92.4 Å². The molecule has 36 heavy (non-hydrogen) atoms. The van der Waals surface area contributed by atoms with Gasteiger partial charge < -0.3 is 9.53 Å². The molecule has 8 heteroatoms. The molecule has 0 aliphatic carbocycles. The van der Waals surface area contributed by atoms with Gasteiger partial charge in [-0.05, 0) is 64.6 Å². The van der Waals surface area contributed by atoms with Gasteiger partial charge in [-0.2, -0.15) is 5.26 Å². The molecule has 0 aliphatic heterocycles. The van der Waals surface area contributed by atoms with Crippen LogP contribution in [0.5, 0.6) is 0 Å². The lowest BCUT2D eigenvalue weighted by Gasteiger charge is -2.31. The number of aldehydes is 1. The zero-order chi connectivity index (χ0) is 28.6. The summed E-state index contributed by atoms with van der Waals surface area (Å²) < 4.78 is 19.6. The van der Waals surface area contributed by atoms with Crippen molar-refractivity contribution in [1.82, 2.24) is 4.72 Å². The molecule has 0 bridgehead atoms. The Kier molecular flexibility index (Phi) is 24.5. The Morgan fingerprint density at radius 1 is 1.06 bits per heavy atom. The van der Waals surface area contributed by atoms with Crippen molar-refractivity contribution >= 4 is 34.6 Å². The van der Waals surface area contributed by atoms with Gasteiger partial charge in [0.15, 0.2) is 0 Å². The van der Waals surface area contributed by atoms with Crippen molar-refractivity contribution in [3.8, 4) is 6.07 Å². The van der Waals surface area contributed by atoms with Gasteiger partial charge >= 0.3 is 5.97 Å². The van der Waals surface area contributed by atoms with E-state index in [1.54, 1.807) is 30.4 Å². The maximum absolute atomic E-state index is 12.1. The van der Waals surface area contributed by atoms with Gasteiger partial charge in [-0.25, -0.2) is 8.93 Å². The maximum atomic E-state index is 12.1. The highest BCUT2D eigenvalue weighted by atomic mass is 32.2. The van der Waals surface area contributed by atoms with Gasteiger partial charge in [0.2, 0.25) is 0 Å². The van der Waals surface area contributed by atoms with Gasteiger partial charge in [-0.15, -0.1) is 11.3 Å². The Labute approximate surface area is 226 Å². The molecule has 0 fully saturated rings. The number of hydrogen-bond donors (Lipinski definition) is 1. The van der Waals surface area contributed by atoms with Crippen LogP contribution in [0.15, 0.2) is 47.8 Å². The summed E-state index contributed by atoms with van der Waals surface area (Å²) in [6, 6.07) is 15.3. The monoisotopic (exact) mass is 538 g/mol. The molecule has 1 heterocycles. The lowest BCUT2D eigenvalue weighted by Crippen LogP contribution is -2.45. The summed E-state index contributed by atoms with van der Waals surface area (Å²) in [7, 11) is -1.03. The fraction of sp³-hybridized carbons (Fsp3) is 0.536. The van der Waals surface area contributed by atoms with Crippen molar-refractivity contribution in [2.24, 2.45) is 0 Å². The zero-order valence-corrected chi connectivity index (χ0v) is 25.3. The number of benzene rings is 1. The second-order valence-electron chi connectivity index (χ2n) is 7.80. The molecule has 1 aromatic heterocycles. The third-order valence-electron chi connectivity index (χ3n) is 4.10. The van der Waals surface area contributed by atoms with Gasteiger partial charge in [0.25, 0.3) is 0 Å². The Hall–Kier alpha value is -2.34. The van der Waals surface area contributed by atoms with Gasteiger partial charge in [-0.3, -0.25) is 4.79 Å². The number of ether oxygens (including phenoxy) is 1. The minimum absolute atomic E-state index is 0.131. The molecule has 2 rings (SSSR count). The van der Waals surface area contributed by atoms with Gasteiger partial charge in [0.05, 0.1) is 39.5 Å². The Morgan fingerprint density at radius 2 is 1.61 bits per heavy atom. The first-order valence-electron chi connectivity index (χ1n) is 12.3. The molecule has 0 saturated carbocycles. The van der Waals surface area contributed by atoms with E-state index in [2.05, 4.69) is 34.8 Å². The molecule has 0 saturated heterocycles. The third-order valence-corrected chi connectivity index (χ3v) is 6.99. The molecule has 2 aromatic rings. The topological polar surface area (TPSA) is 96.3 Å². The number of hydrogen-bond acceptors (Lipinski definition) is 6. The molecular weight excluding hydrogens is 492 g/mol. The number of nitrogens with one attached hydrogen (secondary N) is 1. The first-order valence-corrected chi connectivity index (χ1v) is 14.3. The number of rotatable bonds is 7. The molecule has 1 unspecified atom stereocenters. The van der Waals surface area contributed by atoms with Crippen molar-refractivity contribution < 1.29 is 18.5 Å². The largest absolute Gasteiger partial charge is 0.466 e. The minimum atomic E-state index is -1.03. The quantitative estimate of drug-likeness (QED) is 0.229. The van der Waals surface area contributed by atoms with E-state index in [1.165, 1.54) is 4.88 Å². The standard InChI is InChI=1S/C12H21NOS2.C7H5N.C5H8O3.2C2H6/c1-6-12(5,10-8-7-9-15-10)13-16(14)11(2,3)4;8-6-7-4-2-1-3-5-7;1-2-8-5(7)3-4-6;2*1-2/h7-9,13H,6H2,1-5H3;1-5H;4H,2-3H2,1H3;2*1-2H3/t12-,16?;;;;/m0..../s1. The van der Waals surface area contributed by atoms with Crippen molar-refractivity contribution in [1.29, 1.82) is 5.26 Å². The van der Waals surface area contributed by atoms with Crippen LogP contribution >= 0.6 is 11.3 Å². The summed E-state index contributed by atoms with van der Waals surface area (Å²) >= 11 is 1.71. The average molecular weight is 539 g/mol. The fourth-order valence-corrected chi connectivity index (χ4v) is 4.00. The fourth-order valence-electron chi connectivity index (χ4n) is 2.05. The first-order chi connectivity index (χ1) is 17.0. The molecule has 204 valence electrons. The lowest BCUT2D eigenvalue weighted by atomic mass is 9.99. The Morgan fingerprint density at radius 3 is 1.94 bits per heavy atom. The van der Waals surface area contributed by atoms with Crippen LogP contribution in [0, 0.1) is 11.3 Å². The summed E-state index contributed by atoms with van der Waals surface area (Å²) in [5, 5.41) is 10.3. The second kappa shape index (κ2) is 23.1. The van der Waals surface area contributed by atoms with E-state index in [0.29, 0.717) is 18.5 Å². The number of nitriles is 1. The molecule has 1 N–H and O–H groups in total. The molecule has 1 aromatic carbocycles. The minimum Gasteiger partial charge on any atom is -0.466 e. The smallest absolute Gasteiger partial charge is 0.312 e. The molecule has 0 radical (unpaired) electrons. The highest BCUT2D eigenvalue weighted by molar-refractivity contribution is 7.84. The molecule has 6 nitrogen and oxygen atoms in total. The zero-order valence-electron chi connectivity index (χ0n) is 23.7. The normalized spacial score (nSPS) is 11.9. The van der Waals surface area contributed by atoms with Crippen LogP contribution in [-0.2, 0) is 30.9 Å². The number of esters is 1. The van der Waals surface area contributed by atoms with Crippen LogP contribution in [0.25, 0.3) is 0 Å². The van der Waals surface area contributed by atoms with Crippen LogP contribution in [-0.4, -0.2) is 27.8 Å².